The highest BCUT2D eigenvalue weighted by atomic mass is 16.2. The van der Waals surface area contributed by atoms with Crippen LogP contribution in [0.3, 0.4) is 0 Å². The van der Waals surface area contributed by atoms with Crippen LogP contribution in [0.1, 0.15) is 44.7 Å². The van der Waals surface area contributed by atoms with Crippen LogP contribution in [0.2, 0.25) is 0 Å². The highest BCUT2D eigenvalue weighted by Gasteiger charge is 2.16. The molecule has 2 N–H and O–H groups in total. The summed E-state index contributed by atoms with van der Waals surface area (Å²) in [6.07, 6.45) is 2.71. The van der Waals surface area contributed by atoms with Crippen LogP contribution < -0.4 is 10.6 Å². The molecule has 0 aromatic heterocycles. The van der Waals surface area contributed by atoms with Gasteiger partial charge in [0.05, 0.1) is 0 Å². The van der Waals surface area contributed by atoms with Crippen molar-refractivity contribution >= 4 is 17.5 Å². The lowest BCUT2D eigenvalue weighted by Crippen LogP contribution is -2.29. The third-order valence-corrected chi connectivity index (χ3v) is 3.49. The molecule has 4 nitrogen and oxygen atoms in total. The van der Waals surface area contributed by atoms with Crippen LogP contribution in [0, 0.1) is 5.41 Å². The van der Waals surface area contributed by atoms with E-state index in [9.17, 15) is 9.59 Å². The molecule has 0 spiro atoms. The number of carbonyl (C=O) groups excluding carboxylic acids is 2. The molecule has 1 aliphatic heterocycles. The first kappa shape index (κ1) is 15.5. The Bertz CT molecular complexity index is 544. The fraction of sp³-hybridized carbons (Fsp3) is 0.529. The first-order valence-corrected chi connectivity index (χ1v) is 7.52. The molecular weight excluding hydrogens is 264 g/mol. The Morgan fingerprint density at radius 3 is 2.76 bits per heavy atom. The minimum Gasteiger partial charge on any atom is -0.356 e. The standard InChI is InChI=1S/C17H24N2O2/c1-17(2,3)11-16(21)18-9-8-12-4-6-14-13(10-12)5-7-15(20)19-14/h4,6,10H,5,7-9,11H2,1-3H3,(H,18,21)(H,19,20). The van der Waals surface area contributed by atoms with Crippen LogP contribution >= 0.6 is 0 Å². The molecule has 1 aromatic carbocycles. The molecule has 1 aliphatic rings. The minimum absolute atomic E-state index is 0.0219. The fourth-order valence-electron chi connectivity index (χ4n) is 2.48. The molecular formula is C17H24N2O2. The molecule has 0 aliphatic carbocycles. The lowest BCUT2D eigenvalue weighted by molar-refractivity contribution is -0.122. The second-order valence-electron chi connectivity index (χ2n) is 6.88. The minimum atomic E-state index is 0.0219. The molecule has 2 amide bonds. The van der Waals surface area contributed by atoms with Gasteiger partial charge in [-0.1, -0.05) is 32.9 Å². The average Bonchev–Trinajstić information content (AvgIpc) is 2.36. The van der Waals surface area contributed by atoms with Crippen LogP contribution in [0.4, 0.5) is 5.69 Å². The summed E-state index contributed by atoms with van der Waals surface area (Å²) in [5.74, 6) is 0.192. The first-order valence-electron chi connectivity index (χ1n) is 7.52. The van der Waals surface area contributed by atoms with Crippen molar-refractivity contribution in [3.8, 4) is 0 Å². The van der Waals surface area contributed by atoms with E-state index in [1.165, 1.54) is 11.1 Å². The predicted molar refractivity (Wildman–Crippen MR) is 84.2 cm³/mol. The zero-order valence-electron chi connectivity index (χ0n) is 13.1. The summed E-state index contributed by atoms with van der Waals surface area (Å²) in [6, 6.07) is 6.10. The van der Waals surface area contributed by atoms with Gasteiger partial charge in [0.2, 0.25) is 11.8 Å². The summed E-state index contributed by atoms with van der Waals surface area (Å²) in [5.41, 5.74) is 3.33. The van der Waals surface area contributed by atoms with Gasteiger partial charge < -0.3 is 10.6 Å². The number of benzene rings is 1. The van der Waals surface area contributed by atoms with Gasteiger partial charge in [-0.05, 0) is 35.4 Å². The molecule has 1 aromatic rings. The molecule has 21 heavy (non-hydrogen) atoms. The van der Waals surface area contributed by atoms with Gasteiger partial charge in [-0.25, -0.2) is 0 Å². The van der Waals surface area contributed by atoms with E-state index in [2.05, 4.69) is 37.5 Å². The van der Waals surface area contributed by atoms with Crippen molar-refractivity contribution in [2.75, 3.05) is 11.9 Å². The van der Waals surface area contributed by atoms with Crippen LogP contribution in [0.25, 0.3) is 0 Å². The number of amides is 2. The zero-order chi connectivity index (χ0) is 15.5. The molecule has 0 bridgehead atoms. The summed E-state index contributed by atoms with van der Waals surface area (Å²) in [4.78, 5) is 23.1. The number of carbonyl (C=O) groups is 2. The fourth-order valence-corrected chi connectivity index (χ4v) is 2.48. The van der Waals surface area contributed by atoms with Gasteiger partial charge in [-0.15, -0.1) is 0 Å². The highest BCUT2D eigenvalue weighted by molar-refractivity contribution is 5.93. The predicted octanol–water partition coefficient (Wildman–Crippen LogP) is 2.67. The molecule has 4 heteroatoms. The quantitative estimate of drug-likeness (QED) is 0.895. The Morgan fingerprint density at radius 1 is 1.29 bits per heavy atom. The van der Waals surface area contributed by atoms with Crippen LogP contribution in [-0.4, -0.2) is 18.4 Å². The first-order chi connectivity index (χ1) is 9.83. The maximum absolute atomic E-state index is 11.8. The van der Waals surface area contributed by atoms with E-state index in [0.717, 1.165) is 18.5 Å². The maximum Gasteiger partial charge on any atom is 0.224 e. The van der Waals surface area contributed by atoms with E-state index < -0.39 is 0 Å². The molecule has 114 valence electrons. The summed E-state index contributed by atoms with van der Waals surface area (Å²) >= 11 is 0. The Morgan fingerprint density at radius 2 is 2.05 bits per heavy atom. The third kappa shape index (κ3) is 4.88. The van der Waals surface area contributed by atoms with Crippen LogP contribution in [0.15, 0.2) is 18.2 Å². The lowest BCUT2D eigenvalue weighted by atomic mass is 9.92. The monoisotopic (exact) mass is 288 g/mol. The lowest BCUT2D eigenvalue weighted by Gasteiger charge is -2.18. The summed E-state index contributed by atoms with van der Waals surface area (Å²) in [7, 11) is 0. The number of fused-ring (bicyclic) bond motifs is 1. The van der Waals surface area contributed by atoms with E-state index in [1.54, 1.807) is 0 Å². The molecule has 2 rings (SSSR count). The zero-order valence-corrected chi connectivity index (χ0v) is 13.1. The van der Waals surface area contributed by atoms with Crippen molar-refractivity contribution in [1.29, 1.82) is 0 Å². The van der Waals surface area contributed by atoms with Crippen molar-refractivity contribution in [2.24, 2.45) is 5.41 Å². The average molecular weight is 288 g/mol. The maximum atomic E-state index is 11.8. The Balaban J connectivity index is 1.84. The van der Waals surface area contributed by atoms with Gasteiger partial charge in [0.1, 0.15) is 0 Å². The second kappa shape index (κ2) is 6.29. The van der Waals surface area contributed by atoms with E-state index in [-0.39, 0.29) is 17.2 Å². The molecule has 0 radical (unpaired) electrons. The van der Waals surface area contributed by atoms with Crippen molar-refractivity contribution in [2.45, 2.75) is 46.5 Å². The normalized spacial score (nSPS) is 14.3. The Labute approximate surface area is 126 Å². The van der Waals surface area contributed by atoms with E-state index in [4.69, 9.17) is 0 Å². The SMILES string of the molecule is CC(C)(C)CC(=O)NCCc1ccc2c(c1)CCC(=O)N2. The van der Waals surface area contributed by atoms with E-state index >= 15 is 0 Å². The molecule has 0 saturated carbocycles. The Hall–Kier alpha value is -1.84. The smallest absolute Gasteiger partial charge is 0.224 e. The van der Waals surface area contributed by atoms with Gasteiger partial charge in [-0.3, -0.25) is 9.59 Å². The van der Waals surface area contributed by atoms with E-state index in [0.29, 0.717) is 19.4 Å². The van der Waals surface area contributed by atoms with Gasteiger partial charge in [0.25, 0.3) is 0 Å². The number of rotatable bonds is 4. The number of hydrogen-bond donors (Lipinski definition) is 2. The van der Waals surface area contributed by atoms with Crippen molar-refractivity contribution < 1.29 is 9.59 Å². The third-order valence-electron chi connectivity index (χ3n) is 3.49. The Kier molecular flexibility index (Phi) is 4.66. The van der Waals surface area contributed by atoms with E-state index in [1.807, 2.05) is 12.1 Å². The number of nitrogens with one attached hydrogen (secondary N) is 2. The van der Waals surface area contributed by atoms with Gasteiger partial charge in [0, 0.05) is 25.1 Å². The summed E-state index contributed by atoms with van der Waals surface area (Å²) in [5, 5.41) is 5.84. The van der Waals surface area contributed by atoms with Crippen molar-refractivity contribution in [3.05, 3.63) is 29.3 Å². The summed E-state index contributed by atoms with van der Waals surface area (Å²) < 4.78 is 0. The van der Waals surface area contributed by atoms with Gasteiger partial charge in [0.15, 0.2) is 0 Å². The topological polar surface area (TPSA) is 58.2 Å². The number of hydrogen-bond acceptors (Lipinski definition) is 2. The molecule has 0 saturated heterocycles. The number of anilines is 1. The highest BCUT2D eigenvalue weighted by Crippen LogP contribution is 2.23. The summed E-state index contributed by atoms with van der Waals surface area (Å²) in [6.45, 7) is 6.83. The van der Waals surface area contributed by atoms with Gasteiger partial charge >= 0.3 is 0 Å². The van der Waals surface area contributed by atoms with Crippen molar-refractivity contribution in [1.82, 2.24) is 5.32 Å². The molecule has 0 atom stereocenters. The number of aryl methyl sites for hydroxylation is 1. The van der Waals surface area contributed by atoms with Crippen LogP contribution in [-0.2, 0) is 22.4 Å². The molecule has 0 fully saturated rings. The molecule has 1 heterocycles. The largest absolute Gasteiger partial charge is 0.356 e. The van der Waals surface area contributed by atoms with Gasteiger partial charge in [-0.2, -0.15) is 0 Å². The second-order valence-corrected chi connectivity index (χ2v) is 6.88. The van der Waals surface area contributed by atoms with Crippen molar-refractivity contribution in [3.63, 3.8) is 0 Å². The van der Waals surface area contributed by atoms with Crippen LogP contribution in [0.5, 0.6) is 0 Å². The molecule has 0 unspecified atom stereocenters.